The Labute approximate surface area is 124 Å². The van der Waals surface area contributed by atoms with Crippen LogP contribution in [0.25, 0.3) is 0 Å². The number of nitrogens with one attached hydrogen (secondary N) is 3. The molecule has 0 amide bonds. The van der Waals surface area contributed by atoms with Gasteiger partial charge < -0.3 is 10.3 Å². The second-order valence-corrected chi connectivity index (χ2v) is 6.72. The first-order chi connectivity index (χ1) is 9.97. The second kappa shape index (κ2) is 6.83. The lowest BCUT2D eigenvalue weighted by Gasteiger charge is -2.07. The summed E-state index contributed by atoms with van der Waals surface area (Å²) < 4.78 is 28.3. The van der Waals surface area contributed by atoms with E-state index in [4.69, 9.17) is 0 Å². The molecule has 21 heavy (non-hydrogen) atoms. The van der Waals surface area contributed by atoms with Gasteiger partial charge in [-0.2, -0.15) is 5.10 Å². The Morgan fingerprint density at radius 2 is 2.19 bits per heavy atom. The van der Waals surface area contributed by atoms with Crippen molar-refractivity contribution < 1.29 is 8.42 Å². The molecule has 0 aliphatic heterocycles. The zero-order chi connectivity index (χ0) is 15.3. The zero-order valence-corrected chi connectivity index (χ0v) is 12.9. The Bertz CT molecular complexity index is 647. The SMILES string of the molecule is CC(C)NCCn1cc(S(=O)(=O)NCc2cnc[nH]2)cn1. The monoisotopic (exact) mass is 312 g/mol. The van der Waals surface area contributed by atoms with E-state index in [1.807, 2.05) is 0 Å². The van der Waals surface area contributed by atoms with E-state index >= 15 is 0 Å². The molecule has 0 aliphatic carbocycles. The summed E-state index contributed by atoms with van der Waals surface area (Å²) in [5, 5.41) is 7.31. The van der Waals surface area contributed by atoms with Gasteiger partial charge in [-0.15, -0.1) is 0 Å². The summed E-state index contributed by atoms with van der Waals surface area (Å²) in [7, 11) is -3.56. The number of hydrogen-bond donors (Lipinski definition) is 3. The molecular weight excluding hydrogens is 292 g/mol. The molecule has 0 unspecified atom stereocenters. The summed E-state index contributed by atoms with van der Waals surface area (Å²) >= 11 is 0. The van der Waals surface area contributed by atoms with Gasteiger partial charge in [0, 0.05) is 30.7 Å². The van der Waals surface area contributed by atoms with Crippen molar-refractivity contribution in [2.45, 2.75) is 37.9 Å². The van der Waals surface area contributed by atoms with Gasteiger partial charge in [0.15, 0.2) is 0 Å². The van der Waals surface area contributed by atoms with Crippen molar-refractivity contribution in [2.75, 3.05) is 6.54 Å². The number of rotatable bonds is 8. The van der Waals surface area contributed by atoms with Gasteiger partial charge >= 0.3 is 0 Å². The first kappa shape index (κ1) is 15.7. The maximum atomic E-state index is 12.1. The molecule has 3 N–H and O–H groups in total. The van der Waals surface area contributed by atoms with Crippen molar-refractivity contribution >= 4 is 10.0 Å². The van der Waals surface area contributed by atoms with Crippen molar-refractivity contribution in [3.05, 3.63) is 30.6 Å². The third-order valence-corrected chi connectivity index (χ3v) is 4.18. The second-order valence-electron chi connectivity index (χ2n) is 4.95. The summed E-state index contributed by atoms with van der Waals surface area (Å²) in [6.07, 6.45) is 5.95. The highest BCUT2D eigenvalue weighted by atomic mass is 32.2. The van der Waals surface area contributed by atoms with Crippen LogP contribution in [-0.4, -0.2) is 40.8 Å². The van der Waals surface area contributed by atoms with Crippen LogP contribution in [0.3, 0.4) is 0 Å². The van der Waals surface area contributed by atoms with Crippen LogP contribution >= 0.6 is 0 Å². The third-order valence-electron chi connectivity index (χ3n) is 2.82. The number of nitrogens with zero attached hydrogens (tertiary/aromatic N) is 3. The Morgan fingerprint density at radius 3 is 2.86 bits per heavy atom. The van der Waals surface area contributed by atoms with Crippen LogP contribution in [0.5, 0.6) is 0 Å². The molecule has 0 spiro atoms. The quantitative estimate of drug-likeness (QED) is 0.640. The van der Waals surface area contributed by atoms with E-state index in [0.29, 0.717) is 18.3 Å². The normalized spacial score (nSPS) is 12.1. The molecule has 2 aromatic rings. The molecule has 0 fully saturated rings. The minimum absolute atomic E-state index is 0.159. The molecule has 8 nitrogen and oxygen atoms in total. The fraction of sp³-hybridized carbons (Fsp3) is 0.500. The number of sulfonamides is 1. The van der Waals surface area contributed by atoms with E-state index in [1.165, 1.54) is 18.7 Å². The van der Waals surface area contributed by atoms with Crippen LogP contribution in [0.4, 0.5) is 0 Å². The van der Waals surface area contributed by atoms with E-state index in [9.17, 15) is 8.42 Å². The van der Waals surface area contributed by atoms with Gasteiger partial charge in [-0.25, -0.2) is 18.1 Å². The molecule has 0 bridgehead atoms. The lowest BCUT2D eigenvalue weighted by atomic mass is 10.4. The smallest absolute Gasteiger partial charge is 0.244 e. The van der Waals surface area contributed by atoms with E-state index in [2.05, 4.69) is 39.0 Å². The molecule has 0 radical (unpaired) electrons. The molecule has 0 atom stereocenters. The molecule has 0 aliphatic rings. The maximum absolute atomic E-state index is 12.1. The molecule has 2 heterocycles. The Hall–Kier alpha value is -1.71. The number of imidazole rings is 1. The van der Waals surface area contributed by atoms with E-state index in [0.717, 1.165) is 6.54 Å². The summed E-state index contributed by atoms with van der Waals surface area (Å²) in [6, 6.07) is 0.389. The molecule has 9 heteroatoms. The average Bonchev–Trinajstić information content (AvgIpc) is 3.07. The highest BCUT2D eigenvalue weighted by Crippen LogP contribution is 2.07. The Balaban J connectivity index is 1.92. The molecule has 2 aromatic heterocycles. The molecule has 0 saturated heterocycles. The maximum Gasteiger partial charge on any atom is 0.244 e. The summed E-state index contributed by atoms with van der Waals surface area (Å²) in [4.78, 5) is 6.83. The van der Waals surface area contributed by atoms with Crippen LogP contribution in [0.15, 0.2) is 29.8 Å². The predicted octanol–water partition coefficient (Wildman–Crippen LogP) is 0.0827. The van der Waals surface area contributed by atoms with Crippen LogP contribution in [0, 0.1) is 0 Å². The summed E-state index contributed by atoms with van der Waals surface area (Å²) in [5.74, 6) is 0. The topological polar surface area (TPSA) is 105 Å². The molecular formula is C12H20N6O2S. The van der Waals surface area contributed by atoms with Gasteiger partial charge in [-0.3, -0.25) is 4.68 Å². The Morgan fingerprint density at radius 1 is 1.38 bits per heavy atom. The van der Waals surface area contributed by atoms with Crippen LogP contribution in [0.1, 0.15) is 19.5 Å². The summed E-state index contributed by atoms with van der Waals surface area (Å²) in [6.45, 7) is 5.63. The molecule has 2 rings (SSSR count). The first-order valence-electron chi connectivity index (χ1n) is 6.70. The fourth-order valence-corrected chi connectivity index (χ4v) is 2.67. The molecule has 0 aromatic carbocycles. The molecule has 116 valence electrons. The van der Waals surface area contributed by atoms with Crippen LogP contribution in [-0.2, 0) is 23.1 Å². The number of aromatic amines is 1. The zero-order valence-electron chi connectivity index (χ0n) is 12.1. The van der Waals surface area contributed by atoms with E-state index in [-0.39, 0.29) is 11.4 Å². The van der Waals surface area contributed by atoms with Crippen molar-refractivity contribution in [3.8, 4) is 0 Å². The van der Waals surface area contributed by atoms with Gasteiger partial charge in [0.05, 0.1) is 25.6 Å². The minimum Gasteiger partial charge on any atom is -0.347 e. The highest BCUT2D eigenvalue weighted by Gasteiger charge is 2.16. The van der Waals surface area contributed by atoms with Crippen LogP contribution in [0.2, 0.25) is 0 Å². The average molecular weight is 312 g/mol. The van der Waals surface area contributed by atoms with Gasteiger partial charge in [-0.1, -0.05) is 13.8 Å². The fourth-order valence-electron chi connectivity index (χ4n) is 1.71. The predicted molar refractivity (Wildman–Crippen MR) is 78.0 cm³/mol. The van der Waals surface area contributed by atoms with Crippen LogP contribution < -0.4 is 10.0 Å². The van der Waals surface area contributed by atoms with Crippen molar-refractivity contribution in [3.63, 3.8) is 0 Å². The van der Waals surface area contributed by atoms with Crippen molar-refractivity contribution in [2.24, 2.45) is 0 Å². The lowest BCUT2D eigenvalue weighted by Crippen LogP contribution is -2.26. The standard InChI is InChI=1S/C12H20N6O2S/c1-10(2)14-3-4-18-8-12(7-16-18)21(19,20)17-6-11-5-13-9-15-11/h5,7-10,14,17H,3-4,6H2,1-2H3,(H,13,15). The largest absolute Gasteiger partial charge is 0.347 e. The summed E-state index contributed by atoms with van der Waals surface area (Å²) in [5.41, 5.74) is 0.701. The van der Waals surface area contributed by atoms with Gasteiger partial charge in [0.2, 0.25) is 10.0 Å². The van der Waals surface area contributed by atoms with Gasteiger partial charge in [0.1, 0.15) is 4.90 Å². The molecule has 0 saturated carbocycles. The highest BCUT2D eigenvalue weighted by molar-refractivity contribution is 7.89. The van der Waals surface area contributed by atoms with Crippen molar-refractivity contribution in [1.29, 1.82) is 0 Å². The van der Waals surface area contributed by atoms with Gasteiger partial charge in [0.25, 0.3) is 0 Å². The van der Waals surface area contributed by atoms with Crippen molar-refractivity contribution in [1.82, 2.24) is 29.8 Å². The third kappa shape index (κ3) is 4.66. The lowest BCUT2D eigenvalue weighted by molar-refractivity contribution is 0.514. The number of H-pyrrole nitrogens is 1. The Kier molecular flexibility index (Phi) is 5.10. The number of hydrogen-bond acceptors (Lipinski definition) is 5. The van der Waals surface area contributed by atoms with E-state index in [1.54, 1.807) is 10.9 Å². The van der Waals surface area contributed by atoms with Gasteiger partial charge in [-0.05, 0) is 0 Å². The minimum atomic E-state index is -3.56. The first-order valence-corrected chi connectivity index (χ1v) is 8.18. The number of aromatic nitrogens is 4. The van der Waals surface area contributed by atoms with E-state index < -0.39 is 10.0 Å².